The van der Waals surface area contributed by atoms with Crippen molar-refractivity contribution in [3.63, 3.8) is 0 Å². The highest BCUT2D eigenvalue weighted by atomic mass is 16.5. The molecule has 4 atom stereocenters. The molecule has 3 fully saturated rings. The minimum atomic E-state index is -0.140. The lowest BCUT2D eigenvalue weighted by Gasteiger charge is -2.45. The predicted octanol–water partition coefficient (Wildman–Crippen LogP) is 2.19. The van der Waals surface area contributed by atoms with E-state index in [1.807, 2.05) is 30.1 Å². The van der Waals surface area contributed by atoms with Crippen LogP contribution in [-0.2, 0) is 4.79 Å². The molecule has 7 heteroatoms. The first kappa shape index (κ1) is 21.4. The van der Waals surface area contributed by atoms with Gasteiger partial charge in [-0.3, -0.25) is 10.2 Å². The Kier molecular flexibility index (Phi) is 6.80. The third-order valence-corrected chi connectivity index (χ3v) is 7.18. The van der Waals surface area contributed by atoms with E-state index in [2.05, 4.69) is 15.8 Å². The van der Waals surface area contributed by atoms with Crippen molar-refractivity contribution in [2.75, 3.05) is 47.4 Å². The van der Waals surface area contributed by atoms with Gasteiger partial charge in [0.25, 0.3) is 0 Å². The fraction of sp³-hybridized carbons (Fsp3) is 0.696. The van der Waals surface area contributed by atoms with E-state index in [0.29, 0.717) is 30.0 Å². The maximum Gasteiger partial charge on any atom is 0.228 e. The number of carbonyl (C=O) groups excluding carboxylic acids is 1. The maximum absolute atomic E-state index is 13.4. The van der Waals surface area contributed by atoms with Crippen LogP contribution in [0.15, 0.2) is 18.2 Å². The van der Waals surface area contributed by atoms with E-state index in [-0.39, 0.29) is 17.9 Å². The topological polar surface area (TPSA) is 66.1 Å². The number of piperidine rings is 2. The number of ether oxygens (including phenoxy) is 2. The quantitative estimate of drug-likeness (QED) is 0.741. The van der Waals surface area contributed by atoms with Crippen LogP contribution in [0.1, 0.15) is 43.7 Å². The molecule has 3 saturated heterocycles. The smallest absolute Gasteiger partial charge is 0.228 e. The van der Waals surface area contributed by atoms with Gasteiger partial charge < -0.3 is 19.3 Å². The number of amides is 1. The highest BCUT2D eigenvalue weighted by Crippen LogP contribution is 2.35. The Morgan fingerprint density at radius 2 is 1.93 bits per heavy atom. The Balaban J connectivity index is 1.44. The first-order valence-corrected chi connectivity index (χ1v) is 11.3. The Morgan fingerprint density at radius 1 is 1.13 bits per heavy atom. The van der Waals surface area contributed by atoms with Gasteiger partial charge in [-0.05, 0) is 62.4 Å². The molecule has 0 radical (unpaired) electrons. The standard InChI is InChI=1S/C23H36N4O3/c1-26(15-17-7-6-12-27-11-5-4-8-19(17)27)23(28)18-14-24-25-22(18)16-9-10-20(29-2)21(13-16)30-3/h9-10,13,17-19,22,24-25H,4-8,11-12,14-15H2,1-3H3/t17-,18?,19+,22?/m0/s1. The summed E-state index contributed by atoms with van der Waals surface area (Å²) in [4.78, 5) is 18.1. The molecule has 0 saturated carbocycles. The molecule has 2 unspecified atom stereocenters. The van der Waals surface area contributed by atoms with E-state index in [9.17, 15) is 4.79 Å². The maximum atomic E-state index is 13.4. The fourth-order valence-electron chi connectivity index (χ4n) is 5.60. The molecule has 1 aromatic rings. The molecular formula is C23H36N4O3. The van der Waals surface area contributed by atoms with E-state index in [0.717, 1.165) is 12.1 Å². The largest absolute Gasteiger partial charge is 0.493 e. The van der Waals surface area contributed by atoms with Gasteiger partial charge in [-0.1, -0.05) is 12.5 Å². The van der Waals surface area contributed by atoms with Gasteiger partial charge in [-0.15, -0.1) is 0 Å². The van der Waals surface area contributed by atoms with Crippen molar-refractivity contribution >= 4 is 5.91 Å². The molecule has 7 nitrogen and oxygen atoms in total. The molecule has 1 amide bonds. The molecule has 0 bridgehead atoms. The van der Waals surface area contributed by atoms with Crippen molar-refractivity contribution in [2.45, 2.75) is 44.2 Å². The van der Waals surface area contributed by atoms with Crippen molar-refractivity contribution in [1.82, 2.24) is 20.7 Å². The monoisotopic (exact) mass is 416 g/mol. The number of hydrogen-bond acceptors (Lipinski definition) is 6. The molecule has 0 aliphatic carbocycles. The Morgan fingerprint density at radius 3 is 2.73 bits per heavy atom. The Hall–Kier alpha value is -1.83. The van der Waals surface area contributed by atoms with Gasteiger partial charge in [0.2, 0.25) is 5.91 Å². The number of methoxy groups -OCH3 is 2. The molecule has 3 aliphatic heterocycles. The van der Waals surface area contributed by atoms with Crippen molar-refractivity contribution in [3.05, 3.63) is 23.8 Å². The summed E-state index contributed by atoms with van der Waals surface area (Å²) in [6, 6.07) is 6.44. The van der Waals surface area contributed by atoms with Gasteiger partial charge >= 0.3 is 0 Å². The van der Waals surface area contributed by atoms with E-state index < -0.39 is 0 Å². The minimum Gasteiger partial charge on any atom is -0.493 e. The van der Waals surface area contributed by atoms with Crippen molar-refractivity contribution in [3.8, 4) is 11.5 Å². The number of hydrazine groups is 1. The summed E-state index contributed by atoms with van der Waals surface area (Å²) < 4.78 is 10.8. The zero-order valence-electron chi connectivity index (χ0n) is 18.5. The third-order valence-electron chi connectivity index (χ3n) is 7.18. The molecule has 3 heterocycles. The van der Waals surface area contributed by atoms with E-state index in [1.54, 1.807) is 14.2 Å². The first-order valence-electron chi connectivity index (χ1n) is 11.3. The molecule has 2 N–H and O–H groups in total. The zero-order valence-corrected chi connectivity index (χ0v) is 18.5. The molecule has 1 aromatic carbocycles. The number of benzene rings is 1. The molecule has 166 valence electrons. The van der Waals surface area contributed by atoms with Crippen LogP contribution in [-0.4, -0.2) is 69.2 Å². The minimum absolute atomic E-state index is 0.0858. The number of hydrogen-bond donors (Lipinski definition) is 2. The van der Waals surface area contributed by atoms with E-state index in [1.165, 1.54) is 45.2 Å². The molecule has 30 heavy (non-hydrogen) atoms. The van der Waals surface area contributed by atoms with Crippen molar-refractivity contribution in [2.24, 2.45) is 11.8 Å². The predicted molar refractivity (Wildman–Crippen MR) is 116 cm³/mol. The number of nitrogens with one attached hydrogen (secondary N) is 2. The average molecular weight is 417 g/mol. The molecular weight excluding hydrogens is 380 g/mol. The van der Waals surface area contributed by atoms with Crippen LogP contribution in [0.2, 0.25) is 0 Å². The van der Waals surface area contributed by atoms with Crippen LogP contribution in [0.5, 0.6) is 11.5 Å². The number of carbonyl (C=O) groups is 1. The van der Waals surface area contributed by atoms with Gasteiger partial charge in [0, 0.05) is 26.2 Å². The zero-order chi connectivity index (χ0) is 21.1. The van der Waals surface area contributed by atoms with E-state index in [4.69, 9.17) is 9.47 Å². The summed E-state index contributed by atoms with van der Waals surface area (Å²) in [7, 11) is 5.25. The number of nitrogens with zero attached hydrogens (tertiary/aromatic N) is 2. The number of rotatable bonds is 6. The lowest BCUT2D eigenvalue weighted by molar-refractivity contribution is -0.135. The van der Waals surface area contributed by atoms with Crippen LogP contribution in [0, 0.1) is 11.8 Å². The van der Waals surface area contributed by atoms with Gasteiger partial charge in [0.05, 0.1) is 26.2 Å². The number of fused-ring (bicyclic) bond motifs is 1. The second-order valence-electron chi connectivity index (χ2n) is 8.94. The second-order valence-corrected chi connectivity index (χ2v) is 8.94. The van der Waals surface area contributed by atoms with Crippen LogP contribution in [0.4, 0.5) is 0 Å². The highest BCUT2D eigenvalue weighted by molar-refractivity contribution is 5.80. The Labute approximate surface area is 180 Å². The summed E-state index contributed by atoms with van der Waals surface area (Å²) in [6.07, 6.45) is 6.42. The summed E-state index contributed by atoms with van der Waals surface area (Å²) in [6.45, 7) is 3.95. The summed E-state index contributed by atoms with van der Waals surface area (Å²) in [5.74, 6) is 2.04. The first-order chi connectivity index (χ1) is 14.6. The highest BCUT2D eigenvalue weighted by Gasteiger charge is 2.38. The summed E-state index contributed by atoms with van der Waals surface area (Å²) >= 11 is 0. The molecule has 0 spiro atoms. The molecule has 0 aromatic heterocycles. The van der Waals surface area contributed by atoms with Crippen molar-refractivity contribution in [1.29, 1.82) is 0 Å². The fourth-order valence-corrected chi connectivity index (χ4v) is 5.60. The Bertz CT molecular complexity index is 741. The molecule has 3 aliphatic rings. The van der Waals surface area contributed by atoms with Crippen molar-refractivity contribution < 1.29 is 14.3 Å². The van der Waals surface area contributed by atoms with Crippen LogP contribution in [0.3, 0.4) is 0 Å². The van der Waals surface area contributed by atoms with Crippen LogP contribution >= 0.6 is 0 Å². The van der Waals surface area contributed by atoms with Gasteiger partial charge in [-0.2, -0.15) is 0 Å². The lowest BCUT2D eigenvalue weighted by Crippen LogP contribution is -2.51. The average Bonchev–Trinajstić information content (AvgIpc) is 3.28. The SMILES string of the molecule is COc1ccc(C2NNCC2C(=O)N(C)C[C@@H]2CCCN3CCCC[C@H]23)cc1OC. The van der Waals surface area contributed by atoms with Gasteiger partial charge in [-0.25, -0.2) is 5.43 Å². The van der Waals surface area contributed by atoms with Gasteiger partial charge in [0.1, 0.15) is 0 Å². The molecule has 4 rings (SSSR count). The lowest BCUT2D eigenvalue weighted by atomic mass is 9.83. The normalized spacial score (nSPS) is 29.3. The van der Waals surface area contributed by atoms with Crippen LogP contribution in [0.25, 0.3) is 0 Å². The summed E-state index contributed by atoms with van der Waals surface area (Å²) in [5.41, 5.74) is 7.52. The summed E-state index contributed by atoms with van der Waals surface area (Å²) in [5, 5.41) is 0. The van der Waals surface area contributed by atoms with E-state index >= 15 is 0 Å². The van der Waals surface area contributed by atoms with Crippen LogP contribution < -0.4 is 20.3 Å². The third kappa shape index (κ3) is 4.29. The van der Waals surface area contributed by atoms with Gasteiger partial charge in [0.15, 0.2) is 11.5 Å². The second kappa shape index (κ2) is 9.54.